The van der Waals surface area contributed by atoms with Crippen LogP contribution in [0.25, 0.3) is 11.0 Å². The molecule has 0 radical (unpaired) electrons. The van der Waals surface area contributed by atoms with E-state index in [0.717, 1.165) is 32.5 Å². The van der Waals surface area contributed by atoms with Crippen LogP contribution in [-0.2, 0) is 0 Å². The fourth-order valence-electron chi connectivity index (χ4n) is 3.67. The van der Waals surface area contributed by atoms with Crippen LogP contribution in [0.15, 0.2) is 28.7 Å². The van der Waals surface area contributed by atoms with Gasteiger partial charge in [0.2, 0.25) is 5.58 Å². The minimum absolute atomic E-state index is 0.121. The summed E-state index contributed by atoms with van der Waals surface area (Å²) >= 11 is 0. The summed E-state index contributed by atoms with van der Waals surface area (Å²) in [5.41, 5.74) is 0.0287. The number of amides is 1. The lowest BCUT2D eigenvalue weighted by Gasteiger charge is -2.44. The molecule has 3 aliphatic rings. The average molecular weight is 315 g/mol. The van der Waals surface area contributed by atoms with Crippen LogP contribution in [0.2, 0.25) is 0 Å². The Bertz CT molecular complexity index is 777. The van der Waals surface area contributed by atoms with Crippen LogP contribution < -0.4 is 5.32 Å². The topological polar surface area (TPSA) is 88.6 Å². The average Bonchev–Trinajstić information content (AvgIpc) is 3.00. The van der Waals surface area contributed by atoms with Crippen LogP contribution >= 0.6 is 0 Å². The van der Waals surface area contributed by atoms with E-state index < -0.39 is 4.92 Å². The maximum atomic E-state index is 12.4. The highest BCUT2D eigenvalue weighted by Crippen LogP contribution is 2.30. The van der Waals surface area contributed by atoms with E-state index in [2.05, 4.69) is 10.2 Å². The molecule has 1 N–H and O–H groups in total. The van der Waals surface area contributed by atoms with E-state index in [1.807, 2.05) is 0 Å². The lowest BCUT2D eigenvalue weighted by atomic mass is 9.84. The predicted molar refractivity (Wildman–Crippen MR) is 83.3 cm³/mol. The van der Waals surface area contributed by atoms with Gasteiger partial charge in [-0.15, -0.1) is 0 Å². The second-order valence-electron chi connectivity index (χ2n) is 6.28. The van der Waals surface area contributed by atoms with Gasteiger partial charge in [-0.1, -0.05) is 12.1 Å². The number of para-hydroxylation sites is 1. The highest BCUT2D eigenvalue weighted by atomic mass is 16.6. The zero-order chi connectivity index (χ0) is 16.0. The quantitative estimate of drug-likeness (QED) is 0.692. The van der Waals surface area contributed by atoms with Crippen LogP contribution in [0, 0.1) is 16.0 Å². The van der Waals surface area contributed by atoms with E-state index in [1.54, 1.807) is 18.2 Å². The first kappa shape index (κ1) is 14.2. The van der Waals surface area contributed by atoms with Gasteiger partial charge in [-0.2, -0.15) is 0 Å². The molecule has 23 heavy (non-hydrogen) atoms. The van der Waals surface area contributed by atoms with E-state index in [4.69, 9.17) is 4.42 Å². The number of carbonyl (C=O) groups excluding carboxylic acids is 1. The number of nitrogens with zero attached hydrogens (tertiary/aromatic N) is 2. The first-order chi connectivity index (χ1) is 11.1. The minimum atomic E-state index is -0.499. The van der Waals surface area contributed by atoms with Gasteiger partial charge in [0.25, 0.3) is 5.91 Å². The number of non-ortho nitro benzene ring substituents is 1. The summed E-state index contributed by atoms with van der Waals surface area (Å²) in [6.07, 6.45) is 2.22. The Kier molecular flexibility index (Phi) is 3.30. The molecule has 120 valence electrons. The Morgan fingerprint density at radius 1 is 1.35 bits per heavy atom. The number of furan rings is 1. The van der Waals surface area contributed by atoms with Gasteiger partial charge in [0.05, 0.1) is 4.92 Å². The molecule has 7 nitrogen and oxygen atoms in total. The lowest BCUT2D eigenvalue weighted by Crippen LogP contribution is -2.57. The third kappa shape index (κ3) is 2.46. The third-order valence-electron chi connectivity index (χ3n) is 4.92. The van der Waals surface area contributed by atoms with E-state index in [-0.39, 0.29) is 29.0 Å². The molecular formula is C16H17N3O4. The lowest BCUT2D eigenvalue weighted by molar-refractivity contribution is -0.383. The van der Waals surface area contributed by atoms with Crippen molar-refractivity contribution in [3.05, 3.63) is 40.1 Å². The molecule has 1 atom stereocenters. The fraction of sp³-hybridized carbons (Fsp3) is 0.438. The Balaban J connectivity index is 1.58. The summed E-state index contributed by atoms with van der Waals surface area (Å²) in [7, 11) is 0. The second-order valence-corrected chi connectivity index (χ2v) is 6.28. The third-order valence-corrected chi connectivity index (χ3v) is 4.92. The van der Waals surface area contributed by atoms with Crippen LogP contribution in [0.4, 0.5) is 5.69 Å². The summed E-state index contributed by atoms with van der Waals surface area (Å²) < 4.78 is 5.48. The number of piperidine rings is 3. The number of nitro benzene ring substituents is 1. The summed E-state index contributed by atoms with van der Waals surface area (Å²) in [6, 6.07) is 6.37. The molecule has 1 amide bonds. The Morgan fingerprint density at radius 2 is 2.13 bits per heavy atom. The van der Waals surface area contributed by atoms with E-state index in [1.165, 1.54) is 6.07 Å². The fourth-order valence-corrected chi connectivity index (χ4v) is 3.67. The van der Waals surface area contributed by atoms with Crippen molar-refractivity contribution in [2.24, 2.45) is 5.92 Å². The van der Waals surface area contributed by atoms with Crippen molar-refractivity contribution >= 4 is 22.6 Å². The monoisotopic (exact) mass is 315 g/mol. The van der Waals surface area contributed by atoms with Crippen LogP contribution in [-0.4, -0.2) is 41.4 Å². The van der Waals surface area contributed by atoms with Crippen molar-refractivity contribution in [3.8, 4) is 0 Å². The molecule has 1 aromatic carbocycles. The van der Waals surface area contributed by atoms with Gasteiger partial charge in [0.15, 0.2) is 5.76 Å². The van der Waals surface area contributed by atoms with Crippen LogP contribution in [0.5, 0.6) is 0 Å². The Hall–Kier alpha value is -2.41. The maximum absolute atomic E-state index is 12.4. The van der Waals surface area contributed by atoms with Crippen LogP contribution in [0.3, 0.4) is 0 Å². The van der Waals surface area contributed by atoms with Gasteiger partial charge in [-0.05, 0) is 37.9 Å². The van der Waals surface area contributed by atoms with Gasteiger partial charge < -0.3 is 14.6 Å². The number of hydrogen-bond donors (Lipinski definition) is 1. The summed E-state index contributed by atoms with van der Waals surface area (Å²) in [5, 5.41) is 14.6. The van der Waals surface area contributed by atoms with Crippen molar-refractivity contribution in [1.29, 1.82) is 0 Å². The van der Waals surface area contributed by atoms with E-state index in [0.29, 0.717) is 11.3 Å². The smallest absolute Gasteiger partial charge is 0.312 e. The SMILES string of the molecule is O=C(NC1CN2CCC1CC2)c1cc2cccc([N+](=O)[O-])c2o1. The number of nitrogens with one attached hydrogen (secondary N) is 1. The summed E-state index contributed by atoms with van der Waals surface area (Å²) in [4.78, 5) is 25.3. The maximum Gasteiger partial charge on any atom is 0.312 e. The van der Waals surface area contributed by atoms with Crippen molar-refractivity contribution in [2.75, 3.05) is 19.6 Å². The first-order valence-corrected chi connectivity index (χ1v) is 7.82. The Morgan fingerprint density at radius 3 is 2.78 bits per heavy atom. The summed E-state index contributed by atoms with van der Waals surface area (Å²) in [5.74, 6) is 0.350. The second kappa shape index (κ2) is 5.34. The van der Waals surface area contributed by atoms with Gasteiger partial charge in [-0.25, -0.2) is 0 Å². The zero-order valence-corrected chi connectivity index (χ0v) is 12.5. The molecular weight excluding hydrogens is 298 g/mol. The van der Waals surface area contributed by atoms with Crippen molar-refractivity contribution in [3.63, 3.8) is 0 Å². The molecule has 1 aromatic heterocycles. The first-order valence-electron chi connectivity index (χ1n) is 7.82. The molecule has 2 bridgehead atoms. The number of carbonyl (C=O) groups is 1. The molecule has 0 saturated carbocycles. The minimum Gasteiger partial charge on any atom is -0.444 e. The van der Waals surface area contributed by atoms with Crippen molar-refractivity contribution < 1.29 is 14.1 Å². The largest absolute Gasteiger partial charge is 0.444 e. The summed E-state index contributed by atoms with van der Waals surface area (Å²) in [6.45, 7) is 3.08. The van der Waals surface area contributed by atoms with Gasteiger partial charge in [-0.3, -0.25) is 14.9 Å². The van der Waals surface area contributed by atoms with E-state index >= 15 is 0 Å². The van der Waals surface area contributed by atoms with Gasteiger partial charge in [0, 0.05) is 24.0 Å². The van der Waals surface area contributed by atoms with Crippen molar-refractivity contribution in [2.45, 2.75) is 18.9 Å². The number of nitro groups is 1. The zero-order valence-electron chi connectivity index (χ0n) is 12.5. The molecule has 0 aliphatic carbocycles. The predicted octanol–water partition coefficient (Wildman–Crippen LogP) is 2.17. The molecule has 3 aliphatic heterocycles. The highest BCUT2D eigenvalue weighted by molar-refractivity contribution is 5.98. The Labute approximate surface area is 132 Å². The molecule has 7 heteroatoms. The standard InChI is InChI=1S/C16H17N3O4/c20-16(17-12-9-18-6-4-10(12)5-7-18)14-8-11-2-1-3-13(19(21)22)15(11)23-14/h1-3,8,10,12H,4-7,9H2,(H,17,20). The molecule has 3 fully saturated rings. The van der Waals surface area contributed by atoms with Crippen molar-refractivity contribution in [1.82, 2.24) is 10.2 Å². The molecule has 2 aromatic rings. The van der Waals surface area contributed by atoms with E-state index in [9.17, 15) is 14.9 Å². The normalized spacial score (nSPS) is 26.3. The van der Waals surface area contributed by atoms with Gasteiger partial charge >= 0.3 is 5.69 Å². The molecule has 0 spiro atoms. The van der Waals surface area contributed by atoms with Gasteiger partial charge in [0.1, 0.15) is 0 Å². The number of benzene rings is 1. The molecule has 1 unspecified atom stereocenters. The number of fused-ring (bicyclic) bond motifs is 4. The molecule has 4 heterocycles. The highest BCUT2D eigenvalue weighted by Gasteiger charge is 2.35. The van der Waals surface area contributed by atoms with Crippen LogP contribution in [0.1, 0.15) is 23.4 Å². The molecule has 3 saturated heterocycles. The molecule has 5 rings (SSSR count). The number of hydrogen-bond acceptors (Lipinski definition) is 5. The number of rotatable bonds is 3.